The van der Waals surface area contributed by atoms with Crippen LogP contribution < -0.4 is 21.1 Å². The Bertz CT molecular complexity index is 1090. The molecule has 0 saturated heterocycles. The van der Waals surface area contributed by atoms with Crippen molar-refractivity contribution in [2.75, 3.05) is 63.7 Å². The number of nitrogens with zero attached hydrogens (tertiary/aromatic N) is 1. The fourth-order valence-corrected chi connectivity index (χ4v) is 3.88. The number of nitrogens with two attached hydrogens (primary N) is 1. The van der Waals surface area contributed by atoms with Gasteiger partial charge >= 0.3 is 0 Å². The van der Waals surface area contributed by atoms with E-state index < -0.39 is 5.91 Å². The van der Waals surface area contributed by atoms with Crippen molar-refractivity contribution in [3.05, 3.63) is 66.2 Å². The van der Waals surface area contributed by atoms with Crippen molar-refractivity contribution in [1.82, 2.24) is 10.2 Å². The largest absolute Gasteiger partial charge is 0.491 e. The van der Waals surface area contributed by atoms with Crippen LogP contribution in [-0.2, 0) is 14.3 Å². The Kier molecular flexibility index (Phi) is 11.6. The molecule has 1 heterocycles. The molecule has 1 aliphatic rings. The highest BCUT2D eigenvalue weighted by Gasteiger charge is 2.29. The molecule has 0 saturated carbocycles. The fourth-order valence-electron chi connectivity index (χ4n) is 3.88. The summed E-state index contributed by atoms with van der Waals surface area (Å²) in [5, 5.41) is 5.44. The molecular weight excluding hydrogens is 488 g/mol. The summed E-state index contributed by atoms with van der Waals surface area (Å²) in [6.45, 7) is 6.97. The van der Waals surface area contributed by atoms with Gasteiger partial charge in [0.25, 0.3) is 11.8 Å². The lowest BCUT2D eigenvalue weighted by Crippen LogP contribution is -2.37. The van der Waals surface area contributed by atoms with Gasteiger partial charge in [-0.3, -0.25) is 19.7 Å². The fraction of sp³-hybridized carbons (Fsp3) is 0.393. The highest BCUT2D eigenvalue weighted by molar-refractivity contribution is 6.23. The van der Waals surface area contributed by atoms with Gasteiger partial charge in [-0.15, -0.1) is 6.58 Å². The molecule has 3 amide bonds. The van der Waals surface area contributed by atoms with E-state index in [9.17, 15) is 14.4 Å². The van der Waals surface area contributed by atoms with Gasteiger partial charge in [0.15, 0.2) is 0 Å². The number of benzene rings is 2. The van der Waals surface area contributed by atoms with Crippen LogP contribution in [0.15, 0.2) is 55.1 Å². The highest BCUT2D eigenvalue weighted by Crippen LogP contribution is 2.24. The molecule has 0 atom stereocenters. The number of nitrogen functional groups attached to an aromatic ring is 1. The van der Waals surface area contributed by atoms with E-state index in [1.165, 1.54) is 0 Å². The molecule has 204 valence electrons. The zero-order chi connectivity index (χ0) is 27.2. The second kappa shape index (κ2) is 15.4. The lowest BCUT2D eigenvalue weighted by atomic mass is 10.1. The SMILES string of the molecule is C=CCCCC(=O)N(CCOCCNc1cccc2c1C(=O)NC2=O)CCOCCOc1ccc(N)cc1. The van der Waals surface area contributed by atoms with E-state index >= 15 is 0 Å². The first-order chi connectivity index (χ1) is 18.5. The number of allylic oxidation sites excluding steroid dienone is 1. The topological polar surface area (TPSA) is 132 Å². The maximum atomic E-state index is 12.7. The molecule has 10 nitrogen and oxygen atoms in total. The van der Waals surface area contributed by atoms with E-state index in [1.807, 2.05) is 0 Å². The van der Waals surface area contributed by atoms with Crippen LogP contribution in [-0.4, -0.2) is 75.3 Å². The number of anilines is 2. The Labute approximate surface area is 223 Å². The third-order valence-corrected chi connectivity index (χ3v) is 5.86. The lowest BCUT2D eigenvalue weighted by Gasteiger charge is -2.23. The van der Waals surface area contributed by atoms with Gasteiger partial charge in [-0.05, 0) is 49.2 Å². The zero-order valence-corrected chi connectivity index (χ0v) is 21.6. The number of ether oxygens (including phenoxy) is 3. The molecule has 0 aliphatic carbocycles. The zero-order valence-electron chi connectivity index (χ0n) is 21.6. The van der Waals surface area contributed by atoms with E-state index in [0.717, 1.165) is 18.6 Å². The molecule has 0 aromatic heterocycles. The molecule has 3 rings (SSSR count). The number of rotatable bonds is 18. The van der Waals surface area contributed by atoms with Crippen molar-refractivity contribution < 1.29 is 28.6 Å². The van der Waals surface area contributed by atoms with Crippen molar-refractivity contribution in [1.29, 1.82) is 0 Å². The van der Waals surface area contributed by atoms with Gasteiger partial charge < -0.3 is 30.2 Å². The van der Waals surface area contributed by atoms with Crippen LogP contribution in [0.25, 0.3) is 0 Å². The summed E-state index contributed by atoms with van der Waals surface area (Å²) in [4.78, 5) is 38.3. The van der Waals surface area contributed by atoms with E-state index in [0.29, 0.717) is 81.6 Å². The molecule has 4 N–H and O–H groups in total. The molecule has 2 aromatic rings. The van der Waals surface area contributed by atoms with Crippen LogP contribution in [0, 0.1) is 0 Å². The number of unbranched alkanes of at least 4 members (excludes halogenated alkanes) is 1. The first-order valence-corrected chi connectivity index (χ1v) is 12.7. The van der Waals surface area contributed by atoms with Gasteiger partial charge in [0, 0.05) is 37.4 Å². The number of nitrogens with one attached hydrogen (secondary N) is 2. The lowest BCUT2D eigenvalue weighted by molar-refractivity contribution is -0.132. The van der Waals surface area contributed by atoms with Crippen LogP contribution in [0.3, 0.4) is 0 Å². The molecule has 0 spiro atoms. The molecule has 10 heteroatoms. The minimum absolute atomic E-state index is 0.0471. The maximum Gasteiger partial charge on any atom is 0.261 e. The van der Waals surface area contributed by atoms with Crippen LogP contribution in [0.2, 0.25) is 0 Å². The van der Waals surface area contributed by atoms with Crippen LogP contribution in [0.5, 0.6) is 5.75 Å². The number of imide groups is 1. The van der Waals surface area contributed by atoms with Crippen molar-refractivity contribution in [3.63, 3.8) is 0 Å². The number of hydrogen-bond donors (Lipinski definition) is 3. The maximum absolute atomic E-state index is 12.7. The van der Waals surface area contributed by atoms with Crippen molar-refractivity contribution in [2.45, 2.75) is 19.3 Å². The van der Waals surface area contributed by atoms with Crippen molar-refractivity contribution in [2.24, 2.45) is 0 Å². The molecule has 38 heavy (non-hydrogen) atoms. The first-order valence-electron chi connectivity index (χ1n) is 12.7. The average Bonchev–Trinajstić information content (AvgIpc) is 3.21. The third-order valence-electron chi connectivity index (χ3n) is 5.86. The quantitative estimate of drug-likeness (QED) is 0.117. The predicted molar refractivity (Wildman–Crippen MR) is 145 cm³/mol. The van der Waals surface area contributed by atoms with Gasteiger partial charge in [-0.25, -0.2) is 0 Å². The van der Waals surface area contributed by atoms with Gasteiger partial charge in [-0.2, -0.15) is 0 Å². The van der Waals surface area contributed by atoms with Crippen molar-refractivity contribution in [3.8, 4) is 5.75 Å². The second-order valence-corrected chi connectivity index (χ2v) is 8.64. The van der Waals surface area contributed by atoms with E-state index in [2.05, 4.69) is 17.2 Å². The van der Waals surface area contributed by atoms with E-state index in [-0.39, 0.29) is 11.8 Å². The highest BCUT2D eigenvalue weighted by atomic mass is 16.5. The van der Waals surface area contributed by atoms with Crippen LogP contribution >= 0.6 is 0 Å². The summed E-state index contributed by atoms with van der Waals surface area (Å²) >= 11 is 0. The molecule has 2 aromatic carbocycles. The summed E-state index contributed by atoms with van der Waals surface area (Å²) in [5.74, 6) is -0.0209. The Morgan fingerprint density at radius 2 is 1.71 bits per heavy atom. The van der Waals surface area contributed by atoms with E-state index in [4.69, 9.17) is 19.9 Å². The minimum atomic E-state index is -0.404. The van der Waals surface area contributed by atoms with Crippen LogP contribution in [0.4, 0.5) is 11.4 Å². The van der Waals surface area contributed by atoms with Gasteiger partial charge in [0.2, 0.25) is 5.91 Å². The summed E-state index contributed by atoms with van der Waals surface area (Å²) in [5.41, 5.74) is 7.66. The number of carbonyl (C=O) groups excluding carboxylic acids is 3. The Hall–Kier alpha value is -3.89. The second-order valence-electron chi connectivity index (χ2n) is 8.64. The Morgan fingerprint density at radius 1 is 0.974 bits per heavy atom. The molecule has 1 aliphatic heterocycles. The minimum Gasteiger partial charge on any atom is -0.491 e. The molecule has 0 bridgehead atoms. The van der Waals surface area contributed by atoms with Gasteiger partial charge in [0.1, 0.15) is 12.4 Å². The summed E-state index contributed by atoms with van der Waals surface area (Å²) in [6, 6.07) is 12.3. The summed E-state index contributed by atoms with van der Waals surface area (Å²) < 4.78 is 17.0. The van der Waals surface area contributed by atoms with Crippen LogP contribution in [0.1, 0.15) is 40.0 Å². The van der Waals surface area contributed by atoms with E-state index in [1.54, 1.807) is 53.4 Å². The molecule has 0 radical (unpaired) electrons. The number of amides is 3. The monoisotopic (exact) mass is 524 g/mol. The Morgan fingerprint density at radius 3 is 2.45 bits per heavy atom. The van der Waals surface area contributed by atoms with Gasteiger partial charge in [-0.1, -0.05) is 12.1 Å². The normalized spacial score (nSPS) is 12.1. The predicted octanol–water partition coefficient (Wildman–Crippen LogP) is 2.86. The number of carbonyl (C=O) groups is 3. The average molecular weight is 525 g/mol. The number of fused-ring (bicyclic) bond motifs is 1. The Balaban J connectivity index is 1.35. The summed E-state index contributed by atoms with van der Waals surface area (Å²) in [6.07, 6.45) is 3.78. The first kappa shape index (κ1) is 28.7. The molecule has 0 fully saturated rings. The molecular formula is C28H36N4O6. The third kappa shape index (κ3) is 8.89. The standard InChI is InChI=1S/C28H36N4O6/c1-2-3-4-8-25(33)32(15-18-37-19-20-38-22-11-9-21(29)10-12-22)14-17-36-16-13-30-24-7-5-6-23-26(24)28(35)31-27(23)34/h2,5-7,9-12,30H,1,3-4,8,13-20,29H2,(H,31,34,35). The smallest absolute Gasteiger partial charge is 0.261 e. The summed E-state index contributed by atoms with van der Waals surface area (Å²) in [7, 11) is 0. The van der Waals surface area contributed by atoms with Gasteiger partial charge in [0.05, 0.1) is 37.6 Å². The number of hydrogen-bond acceptors (Lipinski definition) is 8. The van der Waals surface area contributed by atoms with Crippen molar-refractivity contribution >= 4 is 29.1 Å². The molecule has 0 unspecified atom stereocenters.